The summed E-state index contributed by atoms with van der Waals surface area (Å²) < 4.78 is 25.4. The number of carboxylic acid groups (broad SMARTS) is 3. The number of carboxylic acids is 3. The number of allylic oxidation sites excluding steroid dienone is 8. The molecule has 0 aliphatic heterocycles. The fourth-order valence-electron chi connectivity index (χ4n) is 8.43. The summed E-state index contributed by atoms with van der Waals surface area (Å²) in [6.07, 6.45) is 18.8. The average molecular weight is 1350 g/mol. The maximum atomic E-state index is 11.3. The normalized spacial score (nSPS) is 14.9. The Labute approximate surface area is 641 Å². The minimum atomic E-state index is -1.15. The molecule has 92 heavy (non-hydrogen) atoms. The zero-order chi connectivity index (χ0) is 61.6. The SMILES string of the molecule is CCO.CCOC(=O)CN=C1C=C(Nc2ccc(OC)cc2)CCC1.COc1ccc(NC2=CC(=NCC(=O)O)CCC2)cc1.COc1ccc(NC2=CC(=NCC(=O)[O-])CCC2)cc1.COc1ccc(NC2=CC(=NCC(=O)[O-])CCC2)cc1.Cl.[Cl-].[Na+].[Na+].[Na+].[Na+].[OH-]. The van der Waals surface area contributed by atoms with Crippen molar-refractivity contribution in [2.24, 2.45) is 20.0 Å². The Morgan fingerprint density at radius 2 is 0.663 bits per heavy atom. The van der Waals surface area contributed by atoms with Gasteiger partial charge in [-0.2, -0.15) is 0 Å². The molecule has 0 radical (unpaired) electrons. The molecule has 480 valence electrons. The van der Waals surface area contributed by atoms with Crippen molar-refractivity contribution < 1.29 is 199 Å². The van der Waals surface area contributed by atoms with Gasteiger partial charge in [-0.05, 0) is 212 Å². The number of esters is 1. The van der Waals surface area contributed by atoms with Crippen LogP contribution in [-0.2, 0) is 23.9 Å². The molecule has 0 fully saturated rings. The van der Waals surface area contributed by atoms with Crippen molar-refractivity contribution in [3.05, 3.63) is 144 Å². The molecule has 4 aliphatic rings. The molecule has 28 heteroatoms. The van der Waals surface area contributed by atoms with E-state index in [4.69, 9.17) is 33.9 Å². The topological polar surface area (TPSA) is 329 Å². The first kappa shape index (κ1) is 93.7. The van der Waals surface area contributed by atoms with E-state index >= 15 is 0 Å². The van der Waals surface area contributed by atoms with Gasteiger partial charge in [0.1, 0.15) is 36.1 Å². The van der Waals surface area contributed by atoms with Gasteiger partial charge in [0.25, 0.3) is 0 Å². The maximum absolute atomic E-state index is 11.3. The molecular weight excluding hydrogens is 1270 g/mol. The third kappa shape index (κ3) is 40.5. The minimum Gasteiger partial charge on any atom is -1.00 e. The number of ether oxygens (including phenoxy) is 5. The van der Waals surface area contributed by atoms with Gasteiger partial charge in [-0.1, -0.05) is 0 Å². The largest absolute Gasteiger partial charge is 1.00 e. The van der Waals surface area contributed by atoms with Crippen LogP contribution in [0.5, 0.6) is 23.0 Å². The van der Waals surface area contributed by atoms with Gasteiger partial charge in [0.05, 0.1) is 60.1 Å². The van der Waals surface area contributed by atoms with Crippen LogP contribution in [0.2, 0.25) is 0 Å². The molecule has 0 bridgehead atoms. The van der Waals surface area contributed by atoms with Gasteiger partial charge in [-0.25, -0.2) is 0 Å². The number of hydrogen-bond donors (Lipinski definition) is 6. The Morgan fingerprint density at radius 1 is 0.435 bits per heavy atom. The van der Waals surface area contributed by atoms with Gasteiger partial charge in [0.15, 0.2) is 0 Å². The standard InChI is InChI=1S/C17H22N2O3.3C15H18N2O3.C2H6O.2ClH.4Na.H2O/c1-3-22-17(20)12-18-14-5-4-6-15(11-14)19-13-7-9-16(21-2)10-8-13;3*1-20-14-7-5-11(6-8-14)17-13-4-2-3-12(9-13)16-10-15(18)19;1-2-3;;;;;;;/h7-11,19H,3-6,12H2,1-2H3;3*5-9,17H,2-4,10H2,1H3,(H,18,19);3H,2H2,1H3;2*1H;;;;;1H2/q;;;;;;;4*+1;/p-4. The van der Waals surface area contributed by atoms with Crippen LogP contribution in [0.1, 0.15) is 90.9 Å². The number of nitrogens with one attached hydrogen (secondary N) is 4. The van der Waals surface area contributed by atoms with Crippen molar-refractivity contribution in [3.63, 3.8) is 0 Å². The summed E-state index contributed by atoms with van der Waals surface area (Å²) in [5.74, 6) is -0.215. The van der Waals surface area contributed by atoms with E-state index in [9.17, 15) is 29.4 Å². The van der Waals surface area contributed by atoms with Gasteiger partial charge in [-0.15, -0.1) is 12.4 Å². The van der Waals surface area contributed by atoms with E-state index in [0.717, 1.165) is 168 Å². The number of aliphatic imine (C=N–C) groups is 4. The molecule has 0 saturated heterocycles. The fraction of sp³-hybridized carbons (Fsp3) is 0.375. The smallest absolute Gasteiger partial charge is 1.00 e. The predicted octanol–water partition coefficient (Wildman–Crippen LogP) is -6.13. The van der Waals surface area contributed by atoms with E-state index < -0.39 is 17.9 Å². The number of methoxy groups -OCH3 is 4. The summed E-state index contributed by atoms with van der Waals surface area (Å²) in [6.45, 7) is 3.49. The van der Waals surface area contributed by atoms with E-state index in [0.29, 0.717) is 6.61 Å². The van der Waals surface area contributed by atoms with Crippen molar-refractivity contribution in [2.75, 3.05) is 89.1 Å². The molecule has 8 rings (SSSR count). The number of halogens is 2. The molecule has 0 heterocycles. The first-order valence-electron chi connectivity index (χ1n) is 28.1. The van der Waals surface area contributed by atoms with Crippen LogP contribution >= 0.6 is 12.4 Å². The quantitative estimate of drug-likeness (QED) is 0.0334. The third-order valence-corrected chi connectivity index (χ3v) is 12.4. The molecule has 0 unspecified atom stereocenters. The number of anilines is 4. The van der Waals surface area contributed by atoms with Crippen molar-refractivity contribution in [1.29, 1.82) is 0 Å². The number of nitrogens with zero attached hydrogens (tertiary/aromatic N) is 4. The zero-order valence-corrected chi connectivity index (χ0v) is 64.3. The second-order valence-electron chi connectivity index (χ2n) is 19.0. The second kappa shape index (κ2) is 55.6. The molecule has 0 spiro atoms. The third-order valence-electron chi connectivity index (χ3n) is 12.4. The summed E-state index contributed by atoms with van der Waals surface area (Å²) >= 11 is 0. The first-order chi connectivity index (χ1) is 41.1. The van der Waals surface area contributed by atoms with Gasteiger partial charge < -0.3 is 92.8 Å². The molecule has 0 aromatic heterocycles. The van der Waals surface area contributed by atoms with Crippen molar-refractivity contribution in [3.8, 4) is 23.0 Å². The molecule has 4 aromatic rings. The molecule has 0 amide bonds. The van der Waals surface area contributed by atoms with Crippen LogP contribution in [0.15, 0.2) is 164 Å². The molecule has 0 atom stereocenters. The van der Waals surface area contributed by atoms with E-state index in [1.807, 2.05) is 121 Å². The van der Waals surface area contributed by atoms with Crippen LogP contribution in [0.25, 0.3) is 0 Å². The number of carbonyl (C=O) groups excluding carboxylic acids is 3. The van der Waals surface area contributed by atoms with E-state index in [-0.39, 0.29) is 187 Å². The Bertz CT molecular complexity index is 2790. The number of hydrogen-bond acceptors (Lipinski definition) is 21. The first-order valence-corrected chi connectivity index (χ1v) is 28.1. The summed E-state index contributed by atoms with van der Waals surface area (Å²) in [7, 11) is 6.55. The Hall–Kier alpha value is -4.70. The van der Waals surface area contributed by atoms with Crippen molar-refractivity contribution in [2.45, 2.75) is 90.9 Å². The number of rotatable bonds is 21. The Morgan fingerprint density at radius 3 is 0.870 bits per heavy atom. The van der Waals surface area contributed by atoms with Gasteiger partial charge >= 0.3 is 130 Å². The molecule has 4 aliphatic carbocycles. The minimum absolute atomic E-state index is 0. The molecule has 0 saturated carbocycles. The van der Waals surface area contributed by atoms with Crippen molar-refractivity contribution in [1.82, 2.24) is 0 Å². The number of carbonyl (C=O) groups is 4. The van der Waals surface area contributed by atoms with Crippen LogP contribution in [0, 0.1) is 0 Å². The van der Waals surface area contributed by atoms with Gasteiger partial charge in [-0.3, -0.25) is 29.6 Å². The number of aliphatic hydroxyl groups is 1. The van der Waals surface area contributed by atoms with Crippen LogP contribution in [0.3, 0.4) is 0 Å². The molecular formula is C64H82Cl2N8Na4O14. The van der Waals surface area contributed by atoms with Gasteiger partial charge in [0, 0.05) is 75.0 Å². The predicted molar refractivity (Wildman–Crippen MR) is 340 cm³/mol. The summed E-state index contributed by atoms with van der Waals surface area (Å²) in [6, 6.07) is 30.8. The average Bonchev–Trinajstić information content (AvgIpc) is 1.21. The van der Waals surface area contributed by atoms with E-state index in [1.54, 1.807) is 42.3 Å². The maximum Gasteiger partial charge on any atom is 1.00 e. The fourth-order valence-corrected chi connectivity index (χ4v) is 8.43. The molecule has 7 N–H and O–H groups in total. The van der Waals surface area contributed by atoms with Crippen molar-refractivity contribution >= 4 is 81.9 Å². The summed E-state index contributed by atoms with van der Waals surface area (Å²) in [5, 5.41) is 50.4. The van der Waals surface area contributed by atoms with E-state index in [1.165, 1.54) is 0 Å². The second-order valence-corrected chi connectivity index (χ2v) is 19.0. The van der Waals surface area contributed by atoms with E-state index in [2.05, 4.69) is 41.2 Å². The number of aliphatic hydroxyl groups excluding tert-OH is 1. The molecule has 4 aromatic carbocycles. The van der Waals surface area contributed by atoms with Crippen LogP contribution in [0.4, 0.5) is 22.7 Å². The van der Waals surface area contributed by atoms with Crippen LogP contribution < -0.4 is 181 Å². The number of aliphatic carboxylic acids is 3. The summed E-state index contributed by atoms with van der Waals surface area (Å²) in [4.78, 5) is 59.1. The zero-order valence-electron chi connectivity index (χ0n) is 54.7. The number of benzene rings is 4. The van der Waals surface area contributed by atoms with Gasteiger partial charge in [0.2, 0.25) is 0 Å². The Balaban J connectivity index is -0.000000539. The Kier molecular flexibility index (Phi) is 56.6. The summed E-state index contributed by atoms with van der Waals surface area (Å²) in [5.41, 5.74) is 11.6. The molecule has 22 nitrogen and oxygen atoms in total. The monoisotopic (exact) mass is 1350 g/mol. The van der Waals surface area contributed by atoms with Crippen LogP contribution in [-0.4, -0.2) is 130 Å².